The molecule has 0 saturated heterocycles. The van der Waals surface area contributed by atoms with Crippen LogP contribution in [0.15, 0.2) is 33.7 Å². The average molecular weight is 421 g/mol. The number of ether oxygens (including phenoxy) is 3. The summed E-state index contributed by atoms with van der Waals surface area (Å²) >= 11 is 1.28. The maximum Gasteiger partial charge on any atom is 0.433 e. The maximum absolute atomic E-state index is 12.5. The van der Waals surface area contributed by atoms with Crippen molar-refractivity contribution >= 4 is 33.3 Å². The number of nitrogens with zero attached hydrogens (tertiary/aromatic N) is 3. The molecule has 0 fully saturated rings. The normalized spacial score (nSPS) is 11.8. The lowest BCUT2D eigenvalue weighted by Crippen LogP contribution is -2.19. The molecule has 0 spiro atoms. The zero-order chi connectivity index (χ0) is 21.0. The topological polar surface area (TPSA) is 118 Å². The molecule has 1 amide bonds. The van der Waals surface area contributed by atoms with E-state index < -0.39 is 16.7 Å². The van der Waals surface area contributed by atoms with E-state index in [9.17, 15) is 14.9 Å². The summed E-state index contributed by atoms with van der Waals surface area (Å²) in [4.78, 5) is 27.1. The van der Waals surface area contributed by atoms with Gasteiger partial charge in [0.15, 0.2) is 16.3 Å². The Labute approximate surface area is 169 Å². The SMILES string of the molecule is CCOCCn1c(=NC(=O)c2ccc([N+](=O)[O-])o2)sc2cc(OC)c(OC)cc21. The minimum atomic E-state index is -0.714. The molecule has 0 aliphatic rings. The van der Waals surface area contributed by atoms with Gasteiger partial charge in [0.2, 0.25) is 5.76 Å². The van der Waals surface area contributed by atoms with E-state index in [4.69, 9.17) is 18.6 Å². The number of hydrogen-bond donors (Lipinski definition) is 0. The van der Waals surface area contributed by atoms with Crippen molar-refractivity contribution in [2.45, 2.75) is 13.5 Å². The van der Waals surface area contributed by atoms with E-state index in [-0.39, 0.29) is 5.76 Å². The second kappa shape index (κ2) is 8.88. The first-order chi connectivity index (χ1) is 14.0. The monoisotopic (exact) mass is 421 g/mol. The summed E-state index contributed by atoms with van der Waals surface area (Å²) in [7, 11) is 3.08. The zero-order valence-electron chi connectivity index (χ0n) is 16.0. The Morgan fingerprint density at radius 1 is 1.28 bits per heavy atom. The predicted octanol–water partition coefficient (Wildman–Crippen LogP) is 3.00. The van der Waals surface area contributed by atoms with Crippen molar-refractivity contribution in [2.24, 2.45) is 4.99 Å². The van der Waals surface area contributed by atoms with Crippen molar-refractivity contribution < 1.29 is 28.3 Å². The van der Waals surface area contributed by atoms with E-state index >= 15 is 0 Å². The quantitative estimate of drug-likeness (QED) is 0.312. The second-order valence-corrected chi connectivity index (χ2v) is 6.73. The lowest BCUT2D eigenvalue weighted by atomic mass is 10.3. The van der Waals surface area contributed by atoms with Gasteiger partial charge in [0.1, 0.15) is 4.92 Å². The van der Waals surface area contributed by atoms with E-state index in [1.165, 1.54) is 17.4 Å². The molecule has 0 aliphatic heterocycles. The van der Waals surface area contributed by atoms with Crippen LogP contribution in [0.3, 0.4) is 0 Å². The van der Waals surface area contributed by atoms with Crippen molar-refractivity contribution in [3.05, 3.63) is 44.9 Å². The van der Waals surface area contributed by atoms with Gasteiger partial charge >= 0.3 is 11.8 Å². The number of aromatic nitrogens is 1. The van der Waals surface area contributed by atoms with E-state index in [1.807, 2.05) is 11.5 Å². The highest BCUT2D eigenvalue weighted by Gasteiger charge is 2.18. The van der Waals surface area contributed by atoms with Gasteiger partial charge in [-0.25, -0.2) is 0 Å². The molecule has 11 heteroatoms. The van der Waals surface area contributed by atoms with Crippen molar-refractivity contribution in [3.8, 4) is 11.5 Å². The number of carbonyl (C=O) groups is 1. The Morgan fingerprint density at radius 3 is 2.62 bits per heavy atom. The molecule has 1 aromatic carbocycles. The molecule has 2 aromatic heterocycles. The van der Waals surface area contributed by atoms with Gasteiger partial charge in [0.05, 0.1) is 37.1 Å². The van der Waals surface area contributed by atoms with Crippen molar-refractivity contribution in [1.29, 1.82) is 0 Å². The molecule has 0 radical (unpaired) electrons. The molecule has 2 heterocycles. The third-order valence-corrected chi connectivity index (χ3v) is 5.07. The van der Waals surface area contributed by atoms with Crippen molar-refractivity contribution in [2.75, 3.05) is 27.4 Å². The van der Waals surface area contributed by atoms with Gasteiger partial charge in [-0.1, -0.05) is 11.3 Å². The molecular weight excluding hydrogens is 402 g/mol. The highest BCUT2D eigenvalue weighted by Crippen LogP contribution is 2.33. The number of hydrogen-bond acceptors (Lipinski definition) is 8. The number of amides is 1. The van der Waals surface area contributed by atoms with Gasteiger partial charge < -0.3 is 23.2 Å². The molecule has 3 aromatic rings. The van der Waals surface area contributed by atoms with Crippen LogP contribution in [0, 0.1) is 10.1 Å². The zero-order valence-corrected chi connectivity index (χ0v) is 16.9. The summed E-state index contributed by atoms with van der Waals surface area (Å²) in [5.41, 5.74) is 0.796. The summed E-state index contributed by atoms with van der Waals surface area (Å²) in [6.45, 7) is 3.32. The van der Waals surface area contributed by atoms with Crippen LogP contribution >= 0.6 is 11.3 Å². The first kappa shape index (κ1) is 20.6. The number of nitro groups is 1. The third-order valence-electron chi connectivity index (χ3n) is 4.03. The van der Waals surface area contributed by atoms with Gasteiger partial charge in [0, 0.05) is 25.3 Å². The molecule has 0 unspecified atom stereocenters. The van der Waals surface area contributed by atoms with Gasteiger partial charge in [-0.3, -0.25) is 14.9 Å². The fraction of sp³-hybridized carbons (Fsp3) is 0.333. The molecule has 0 bridgehead atoms. The highest BCUT2D eigenvalue weighted by atomic mass is 32.1. The second-order valence-electron chi connectivity index (χ2n) is 5.72. The van der Waals surface area contributed by atoms with Gasteiger partial charge in [0.25, 0.3) is 0 Å². The fourth-order valence-corrected chi connectivity index (χ4v) is 3.75. The van der Waals surface area contributed by atoms with Crippen LogP contribution in [0.1, 0.15) is 17.5 Å². The molecule has 0 saturated carbocycles. The molecule has 29 heavy (non-hydrogen) atoms. The first-order valence-corrected chi connectivity index (χ1v) is 9.46. The van der Waals surface area contributed by atoms with Crippen LogP contribution in [0.25, 0.3) is 10.2 Å². The Morgan fingerprint density at radius 2 is 2.00 bits per heavy atom. The van der Waals surface area contributed by atoms with E-state index in [2.05, 4.69) is 4.99 Å². The van der Waals surface area contributed by atoms with Gasteiger partial charge in [-0.2, -0.15) is 4.99 Å². The van der Waals surface area contributed by atoms with E-state index in [0.29, 0.717) is 36.1 Å². The lowest BCUT2D eigenvalue weighted by molar-refractivity contribution is -0.402. The lowest BCUT2D eigenvalue weighted by Gasteiger charge is -2.09. The average Bonchev–Trinajstić information content (AvgIpc) is 3.32. The number of benzene rings is 1. The summed E-state index contributed by atoms with van der Waals surface area (Å²) < 4.78 is 23.8. The van der Waals surface area contributed by atoms with Crippen LogP contribution in [-0.4, -0.2) is 42.8 Å². The van der Waals surface area contributed by atoms with Crippen molar-refractivity contribution in [1.82, 2.24) is 4.57 Å². The van der Waals surface area contributed by atoms with Crippen molar-refractivity contribution in [3.63, 3.8) is 0 Å². The van der Waals surface area contributed by atoms with Gasteiger partial charge in [-0.15, -0.1) is 0 Å². The maximum atomic E-state index is 12.5. The number of rotatable bonds is 8. The van der Waals surface area contributed by atoms with Crippen LogP contribution in [0.5, 0.6) is 11.5 Å². The minimum Gasteiger partial charge on any atom is -0.493 e. The van der Waals surface area contributed by atoms with E-state index in [1.54, 1.807) is 26.4 Å². The predicted molar refractivity (Wildman–Crippen MR) is 105 cm³/mol. The number of fused-ring (bicyclic) bond motifs is 1. The molecule has 10 nitrogen and oxygen atoms in total. The Bertz CT molecular complexity index is 1110. The molecule has 0 N–H and O–H groups in total. The molecule has 0 atom stereocenters. The Kier molecular flexibility index (Phi) is 6.29. The molecule has 0 aliphatic carbocycles. The van der Waals surface area contributed by atoms with Gasteiger partial charge in [-0.05, 0) is 13.0 Å². The Hall–Kier alpha value is -3.18. The largest absolute Gasteiger partial charge is 0.493 e. The third kappa shape index (κ3) is 4.30. The number of thiazole rings is 1. The minimum absolute atomic E-state index is 0.208. The number of carbonyl (C=O) groups excluding carboxylic acids is 1. The number of furan rings is 1. The van der Waals surface area contributed by atoms with E-state index in [0.717, 1.165) is 16.3 Å². The molecule has 154 valence electrons. The fourth-order valence-electron chi connectivity index (χ4n) is 2.68. The molecule has 3 rings (SSSR count). The first-order valence-electron chi connectivity index (χ1n) is 8.64. The van der Waals surface area contributed by atoms with Crippen LogP contribution < -0.4 is 14.3 Å². The summed E-state index contributed by atoms with van der Waals surface area (Å²) in [6.07, 6.45) is 0. The summed E-state index contributed by atoms with van der Waals surface area (Å²) in [5.74, 6) is -0.340. The smallest absolute Gasteiger partial charge is 0.433 e. The van der Waals surface area contributed by atoms with Crippen LogP contribution in [0.2, 0.25) is 0 Å². The number of methoxy groups -OCH3 is 2. The molecular formula is C18H19N3O7S. The Balaban J connectivity index is 2.10. The highest BCUT2D eigenvalue weighted by molar-refractivity contribution is 7.16. The summed E-state index contributed by atoms with van der Waals surface area (Å²) in [5, 5.41) is 10.8. The standard InChI is InChI=1S/C18H19N3O7S/c1-4-27-8-7-20-11-9-13(25-2)14(26-3)10-15(11)29-18(20)19-17(22)12-5-6-16(28-12)21(23)24/h5-6,9-10H,4,7-8H2,1-3H3. The van der Waals surface area contributed by atoms with Crippen LogP contribution in [-0.2, 0) is 11.3 Å². The van der Waals surface area contributed by atoms with Crippen LogP contribution in [0.4, 0.5) is 5.88 Å². The summed E-state index contributed by atoms with van der Waals surface area (Å²) in [6, 6.07) is 5.95.